The first-order valence-electron chi connectivity index (χ1n) is 6.77. The third-order valence-electron chi connectivity index (χ3n) is 3.01. The Hall–Kier alpha value is -2.70. The van der Waals surface area contributed by atoms with E-state index in [1.165, 1.54) is 0 Å². The molecule has 7 heteroatoms. The zero-order chi connectivity index (χ0) is 15.9. The van der Waals surface area contributed by atoms with Gasteiger partial charge in [-0.05, 0) is 24.6 Å². The lowest BCUT2D eigenvalue weighted by Gasteiger charge is -2.10. The van der Waals surface area contributed by atoms with Gasteiger partial charge in [0.05, 0.1) is 20.8 Å². The molecule has 2 rings (SSSR count). The largest absolute Gasteiger partial charge is 0.493 e. The van der Waals surface area contributed by atoms with Crippen LogP contribution in [0.5, 0.6) is 11.5 Å². The summed E-state index contributed by atoms with van der Waals surface area (Å²) >= 11 is 0. The van der Waals surface area contributed by atoms with E-state index in [2.05, 4.69) is 15.8 Å². The summed E-state index contributed by atoms with van der Waals surface area (Å²) in [6, 6.07) is 6.97. The van der Waals surface area contributed by atoms with Gasteiger partial charge in [0.15, 0.2) is 11.5 Å². The SMILES string of the molecule is COc1ccc(CNC(=O)NCc2cc(C)on2)cc1OC. The lowest BCUT2D eigenvalue weighted by Crippen LogP contribution is -2.34. The van der Waals surface area contributed by atoms with Crippen molar-refractivity contribution in [2.75, 3.05) is 14.2 Å². The van der Waals surface area contributed by atoms with Gasteiger partial charge in [0.1, 0.15) is 11.5 Å². The average Bonchev–Trinajstić information content (AvgIpc) is 2.96. The molecule has 2 aromatic rings. The number of ether oxygens (including phenoxy) is 2. The van der Waals surface area contributed by atoms with Crippen LogP contribution in [0.15, 0.2) is 28.8 Å². The number of methoxy groups -OCH3 is 2. The second kappa shape index (κ2) is 7.35. The lowest BCUT2D eigenvalue weighted by molar-refractivity contribution is 0.239. The predicted molar refractivity (Wildman–Crippen MR) is 79.9 cm³/mol. The van der Waals surface area contributed by atoms with Gasteiger partial charge in [0.2, 0.25) is 0 Å². The Morgan fingerprint density at radius 1 is 1.14 bits per heavy atom. The Morgan fingerprint density at radius 2 is 1.86 bits per heavy atom. The fourth-order valence-electron chi connectivity index (χ4n) is 1.91. The number of urea groups is 1. The maximum absolute atomic E-state index is 11.7. The standard InChI is InChI=1S/C15H19N3O4/c1-10-6-12(18-22-10)9-17-15(19)16-8-11-4-5-13(20-2)14(7-11)21-3/h4-7H,8-9H2,1-3H3,(H2,16,17,19). The van der Waals surface area contributed by atoms with Crippen LogP contribution >= 0.6 is 0 Å². The Balaban J connectivity index is 1.83. The highest BCUT2D eigenvalue weighted by molar-refractivity contribution is 5.73. The van der Waals surface area contributed by atoms with E-state index in [0.717, 1.165) is 5.56 Å². The van der Waals surface area contributed by atoms with Gasteiger partial charge in [-0.25, -0.2) is 4.79 Å². The predicted octanol–water partition coefficient (Wildman–Crippen LogP) is 2.00. The molecule has 1 aromatic heterocycles. The Labute approximate surface area is 128 Å². The molecule has 0 saturated heterocycles. The van der Waals surface area contributed by atoms with Gasteiger partial charge < -0.3 is 24.6 Å². The second-order valence-corrected chi connectivity index (χ2v) is 4.65. The Bertz CT molecular complexity index is 639. The number of benzene rings is 1. The summed E-state index contributed by atoms with van der Waals surface area (Å²) < 4.78 is 15.3. The van der Waals surface area contributed by atoms with Crippen LogP contribution in [0, 0.1) is 6.92 Å². The molecule has 7 nitrogen and oxygen atoms in total. The van der Waals surface area contributed by atoms with Crippen LogP contribution in [0.1, 0.15) is 17.0 Å². The van der Waals surface area contributed by atoms with Crippen molar-refractivity contribution >= 4 is 6.03 Å². The van der Waals surface area contributed by atoms with Crippen molar-refractivity contribution in [1.29, 1.82) is 0 Å². The molecular weight excluding hydrogens is 286 g/mol. The topological polar surface area (TPSA) is 85.6 Å². The molecule has 2 amide bonds. The molecule has 2 N–H and O–H groups in total. The summed E-state index contributed by atoms with van der Waals surface area (Å²) in [6.07, 6.45) is 0. The van der Waals surface area contributed by atoms with E-state index in [9.17, 15) is 4.79 Å². The fourth-order valence-corrected chi connectivity index (χ4v) is 1.91. The molecule has 0 radical (unpaired) electrons. The highest BCUT2D eigenvalue weighted by Gasteiger charge is 2.07. The minimum absolute atomic E-state index is 0.282. The second-order valence-electron chi connectivity index (χ2n) is 4.65. The number of aryl methyl sites for hydroxylation is 1. The molecule has 22 heavy (non-hydrogen) atoms. The Morgan fingerprint density at radius 3 is 2.50 bits per heavy atom. The maximum Gasteiger partial charge on any atom is 0.315 e. The van der Waals surface area contributed by atoms with E-state index < -0.39 is 0 Å². The van der Waals surface area contributed by atoms with E-state index in [4.69, 9.17) is 14.0 Å². The number of carbonyl (C=O) groups is 1. The number of rotatable bonds is 6. The van der Waals surface area contributed by atoms with Crippen molar-refractivity contribution in [3.63, 3.8) is 0 Å². The molecule has 118 valence electrons. The van der Waals surface area contributed by atoms with Crippen molar-refractivity contribution in [2.24, 2.45) is 0 Å². The number of hydrogen-bond acceptors (Lipinski definition) is 5. The number of nitrogens with zero attached hydrogens (tertiary/aromatic N) is 1. The molecule has 0 saturated carbocycles. The summed E-state index contributed by atoms with van der Waals surface area (Å²) in [5.41, 5.74) is 1.59. The van der Waals surface area contributed by atoms with E-state index in [1.807, 2.05) is 12.1 Å². The Kier molecular flexibility index (Phi) is 5.24. The summed E-state index contributed by atoms with van der Waals surface area (Å²) in [5, 5.41) is 9.27. The van der Waals surface area contributed by atoms with Crippen LogP contribution in [-0.4, -0.2) is 25.4 Å². The van der Waals surface area contributed by atoms with Crippen LogP contribution in [0.3, 0.4) is 0 Å². The lowest BCUT2D eigenvalue weighted by atomic mass is 10.2. The summed E-state index contributed by atoms with van der Waals surface area (Å²) in [7, 11) is 3.15. The van der Waals surface area contributed by atoms with E-state index in [0.29, 0.717) is 36.0 Å². The number of aromatic nitrogens is 1. The summed E-state index contributed by atoms with van der Waals surface area (Å²) in [4.78, 5) is 11.7. The number of hydrogen-bond donors (Lipinski definition) is 2. The van der Waals surface area contributed by atoms with Crippen LogP contribution in [0.4, 0.5) is 4.79 Å². The van der Waals surface area contributed by atoms with Crippen molar-refractivity contribution in [1.82, 2.24) is 15.8 Å². The van der Waals surface area contributed by atoms with Gasteiger partial charge in [0.25, 0.3) is 0 Å². The molecule has 0 aliphatic carbocycles. The highest BCUT2D eigenvalue weighted by Crippen LogP contribution is 2.27. The van der Waals surface area contributed by atoms with E-state index in [-0.39, 0.29) is 6.03 Å². The monoisotopic (exact) mass is 305 g/mol. The van der Waals surface area contributed by atoms with Gasteiger partial charge in [-0.2, -0.15) is 0 Å². The third kappa shape index (κ3) is 4.15. The molecule has 1 heterocycles. The number of carbonyl (C=O) groups excluding carboxylic acids is 1. The molecule has 0 unspecified atom stereocenters. The molecular formula is C15H19N3O4. The van der Waals surface area contributed by atoms with Crippen molar-refractivity contribution < 1.29 is 18.8 Å². The number of nitrogens with one attached hydrogen (secondary N) is 2. The molecule has 0 aliphatic rings. The zero-order valence-corrected chi connectivity index (χ0v) is 12.8. The van der Waals surface area contributed by atoms with Crippen LogP contribution in [0.2, 0.25) is 0 Å². The first-order chi connectivity index (χ1) is 10.6. The molecule has 1 aromatic carbocycles. The maximum atomic E-state index is 11.7. The zero-order valence-electron chi connectivity index (χ0n) is 12.8. The van der Waals surface area contributed by atoms with Crippen molar-refractivity contribution in [2.45, 2.75) is 20.0 Å². The molecule has 0 aliphatic heterocycles. The molecule has 0 fully saturated rings. The third-order valence-corrected chi connectivity index (χ3v) is 3.01. The normalized spacial score (nSPS) is 10.1. The highest BCUT2D eigenvalue weighted by atomic mass is 16.5. The van der Waals surface area contributed by atoms with Gasteiger partial charge in [0, 0.05) is 12.6 Å². The molecule has 0 bridgehead atoms. The summed E-state index contributed by atoms with van der Waals surface area (Å²) in [5.74, 6) is 1.99. The van der Waals surface area contributed by atoms with Gasteiger partial charge in [-0.3, -0.25) is 0 Å². The van der Waals surface area contributed by atoms with Crippen molar-refractivity contribution in [3.05, 3.63) is 41.3 Å². The smallest absolute Gasteiger partial charge is 0.315 e. The summed E-state index contributed by atoms with van der Waals surface area (Å²) in [6.45, 7) is 2.49. The first-order valence-corrected chi connectivity index (χ1v) is 6.77. The van der Waals surface area contributed by atoms with Gasteiger partial charge in [-0.15, -0.1) is 0 Å². The molecule has 0 spiro atoms. The van der Waals surface area contributed by atoms with Crippen molar-refractivity contribution in [3.8, 4) is 11.5 Å². The van der Waals surface area contributed by atoms with E-state index in [1.54, 1.807) is 33.3 Å². The van der Waals surface area contributed by atoms with Crippen LogP contribution in [0.25, 0.3) is 0 Å². The quantitative estimate of drug-likeness (QED) is 0.852. The van der Waals surface area contributed by atoms with Crippen LogP contribution < -0.4 is 20.1 Å². The average molecular weight is 305 g/mol. The fraction of sp³-hybridized carbons (Fsp3) is 0.333. The van der Waals surface area contributed by atoms with E-state index >= 15 is 0 Å². The van der Waals surface area contributed by atoms with Gasteiger partial charge >= 0.3 is 6.03 Å². The van der Waals surface area contributed by atoms with Crippen LogP contribution in [-0.2, 0) is 13.1 Å². The minimum atomic E-state index is -0.282. The number of amides is 2. The molecule has 0 atom stereocenters. The first kappa shape index (κ1) is 15.7. The minimum Gasteiger partial charge on any atom is -0.493 e. The van der Waals surface area contributed by atoms with Gasteiger partial charge in [-0.1, -0.05) is 11.2 Å².